The van der Waals surface area contributed by atoms with E-state index < -0.39 is 0 Å². The van der Waals surface area contributed by atoms with Gasteiger partial charge < -0.3 is 4.74 Å². The van der Waals surface area contributed by atoms with Crippen molar-refractivity contribution in [3.05, 3.63) is 26.8 Å². The number of carbonyl (C=O) groups is 1. The molecule has 0 saturated heterocycles. The lowest BCUT2D eigenvalue weighted by molar-refractivity contribution is 0.0524. The Bertz CT molecular complexity index is 363. The lowest BCUT2D eigenvalue weighted by Gasteiger charge is -2.07. The van der Waals surface area contributed by atoms with E-state index in [1.54, 1.807) is 13.0 Å². The number of aryl methyl sites for hydroxylation is 1. The van der Waals surface area contributed by atoms with Crippen molar-refractivity contribution in [2.45, 2.75) is 18.7 Å². The Morgan fingerprint density at radius 3 is 2.79 bits per heavy atom. The van der Waals surface area contributed by atoms with E-state index in [2.05, 4.69) is 35.2 Å². The molecular weight excluding hydrogens is 311 g/mol. The predicted octanol–water partition coefficient (Wildman–Crippen LogP) is 3.07. The van der Waals surface area contributed by atoms with Crippen molar-refractivity contribution in [1.82, 2.24) is 0 Å². The monoisotopic (exact) mass is 322 g/mol. The van der Waals surface area contributed by atoms with Gasteiger partial charge in [-0.15, -0.1) is 12.6 Å². The van der Waals surface area contributed by atoms with E-state index in [0.29, 0.717) is 12.2 Å². The Balaban J connectivity index is 3.13. The average molecular weight is 322 g/mol. The molecule has 0 aliphatic rings. The molecule has 0 saturated carbocycles. The second kappa shape index (κ2) is 5.02. The molecule has 2 nitrogen and oxygen atoms in total. The first kappa shape index (κ1) is 11.8. The van der Waals surface area contributed by atoms with Crippen LogP contribution >= 0.6 is 35.2 Å². The number of carbonyl (C=O) groups excluding carboxylic acids is 1. The van der Waals surface area contributed by atoms with Gasteiger partial charge in [0.15, 0.2) is 0 Å². The van der Waals surface area contributed by atoms with E-state index in [1.807, 2.05) is 13.0 Å². The maximum absolute atomic E-state index is 11.5. The average Bonchev–Trinajstić information content (AvgIpc) is 2.11. The fraction of sp³-hybridized carbons (Fsp3) is 0.300. The summed E-state index contributed by atoms with van der Waals surface area (Å²) >= 11 is 6.36. The Kier molecular flexibility index (Phi) is 4.25. The molecule has 76 valence electrons. The molecule has 0 unspecified atom stereocenters. The van der Waals surface area contributed by atoms with E-state index >= 15 is 0 Å². The molecule has 4 heteroatoms. The van der Waals surface area contributed by atoms with Crippen molar-refractivity contribution in [2.75, 3.05) is 6.61 Å². The number of esters is 1. The molecule has 1 rings (SSSR count). The largest absolute Gasteiger partial charge is 0.462 e. The van der Waals surface area contributed by atoms with Gasteiger partial charge in [0.1, 0.15) is 0 Å². The van der Waals surface area contributed by atoms with Gasteiger partial charge in [0.05, 0.1) is 12.2 Å². The van der Waals surface area contributed by atoms with Crippen LogP contribution in [0.5, 0.6) is 0 Å². The first-order valence-electron chi connectivity index (χ1n) is 4.22. The number of rotatable bonds is 2. The highest BCUT2D eigenvalue weighted by atomic mass is 127. The normalized spacial score (nSPS) is 10.0. The Morgan fingerprint density at radius 1 is 1.57 bits per heavy atom. The zero-order chi connectivity index (χ0) is 10.7. The fourth-order valence-electron chi connectivity index (χ4n) is 1.11. The smallest absolute Gasteiger partial charge is 0.339 e. The minimum atomic E-state index is -0.282. The summed E-state index contributed by atoms with van der Waals surface area (Å²) in [5, 5.41) is 0. The Hall–Kier alpha value is -0.230. The van der Waals surface area contributed by atoms with Crippen LogP contribution in [0, 0.1) is 10.5 Å². The number of halogens is 1. The molecule has 14 heavy (non-hydrogen) atoms. The maximum atomic E-state index is 11.5. The van der Waals surface area contributed by atoms with Gasteiger partial charge in [0.2, 0.25) is 0 Å². The van der Waals surface area contributed by atoms with E-state index in [0.717, 1.165) is 14.0 Å². The Labute approximate surface area is 103 Å². The molecule has 0 aromatic heterocycles. The summed E-state index contributed by atoms with van der Waals surface area (Å²) in [6, 6.07) is 3.66. The molecule has 0 spiro atoms. The van der Waals surface area contributed by atoms with Gasteiger partial charge in [-0.2, -0.15) is 0 Å². The molecule has 0 aliphatic carbocycles. The summed E-state index contributed by atoms with van der Waals surface area (Å²) in [6.07, 6.45) is 0. The van der Waals surface area contributed by atoms with E-state index in [1.165, 1.54) is 0 Å². The molecule has 0 fully saturated rings. The van der Waals surface area contributed by atoms with Crippen LogP contribution in [0.15, 0.2) is 17.0 Å². The van der Waals surface area contributed by atoms with Crippen LogP contribution in [0.2, 0.25) is 0 Å². The topological polar surface area (TPSA) is 26.3 Å². The van der Waals surface area contributed by atoms with Gasteiger partial charge in [-0.05, 0) is 54.1 Å². The molecule has 0 radical (unpaired) electrons. The summed E-state index contributed by atoms with van der Waals surface area (Å²) in [6.45, 7) is 4.14. The lowest BCUT2D eigenvalue weighted by Crippen LogP contribution is -2.07. The summed E-state index contributed by atoms with van der Waals surface area (Å²) < 4.78 is 5.87. The number of ether oxygens (including phenoxy) is 1. The lowest BCUT2D eigenvalue weighted by atomic mass is 10.1. The molecule has 0 atom stereocenters. The van der Waals surface area contributed by atoms with Crippen LogP contribution in [0.3, 0.4) is 0 Å². The van der Waals surface area contributed by atoms with Crippen LogP contribution in [-0.4, -0.2) is 12.6 Å². The van der Waals surface area contributed by atoms with Crippen molar-refractivity contribution < 1.29 is 9.53 Å². The second-order valence-corrected chi connectivity index (χ2v) is 4.44. The predicted molar refractivity (Wildman–Crippen MR) is 67.1 cm³/mol. The molecular formula is C10H11IO2S. The van der Waals surface area contributed by atoms with Gasteiger partial charge in [-0.25, -0.2) is 4.79 Å². The van der Waals surface area contributed by atoms with E-state index in [4.69, 9.17) is 4.74 Å². The summed E-state index contributed by atoms with van der Waals surface area (Å²) in [7, 11) is 0. The van der Waals surface area contributed by atoms with Crippen molar-refractivity contribution >= 4 is 41.2 Å². The zero-order valence-corrected chi connectivity index (χ0v) is 11.1. The van der Waals surface area contributed by atoms with Crippen LogP contribution in [0.1, 0.15) is 22.8 Å². The number of thiol groups is 1. The van der Waals surface area contributed by atoms with Gasteiger partial charge in [0.25, 0.3) is 0 Å². The number of hydrogen-bond donors (Lipinski definition) is 1. The third kappa shape index (κ3) is 2.63. The van der Waals surface area contributed by atoms with Crippen LogP contribution in [0.25, 0.3) is 0 Å². The highest BCUT2D eigenvalue weighted by Gasteiger charge is 2.13. The van der Waals surface area contributed by atoms with Crippen molar-refractivity contribution in [2.24, 2.45) is 0 Å². The molecule has 0 amide bonds. The minimum Gasteiger partial charge on any atom is -0.462 e. The molecule has 0 aliphatic heterocycles. The highest BCUT2D eigenvalue weighted by Crippen LogP contribution is 2.22. The summed E-state index contributed by atoms with van der Waals surface area (Å²) in [4.78, 5) is 12.3. The van der Waals surface area contributed by atoms with Crippen molar-refractivity contribution in [1.29, 1.82) is 0 Å². The number of hydrogen-bond acceptors (Lipinski definition) is 3. The van der Waals surface area contributed by atoms with Crippen molar-refractivity contribution in [3.63, 3.8) is 0 Å². The first-order valence-corrected chi connectivity index (χ1v) is 5.75. The SMILES string of the molecule is CCOC(=O)c1cc(S)cc(C)c1I. The zero-order valence-electron chi connectivity index (χ0n) is 8.00. The van der Waals surface area contributed by atoms with Gasteiger partial charge >= 0.3 is 5.97 Å². The maximum Gasteiger partial charge on any atom is 0.339 e. The fourth-order valence-corrected chi connectivity index (χ4v) is 1.96. The van der Waals surface area contributed by atoms with Crippen LogP contribution < -0.4 is 0 Å². The second-order valence-electron chi connectivity index (χ2n) is 2.84. The quantitative estimate of drug-likeness (QED) is 0.515. The molecule has 1 aromatic rings. The highest BCUT2D eigenvalue weighted by molar-refractivity contribution is 14.1. The van der Waals surface area contributed by atoms with Crippen LogP contribution in [-0.2, 0) is 4.74 Å². The summed E-state index contributed by atoms with van der Waals surface area (Å²) in [5.74, 6) is -0.282. The molecule has 1 aromatic carbocycles. The molecule has 0 heterocycles. The summed E-state index contributed by atoms with van der Waals surface area (Å²) in [5.41, 5.74) is 1.64. The third-order valence-corrected chi connectivity index (χ3v) is 3.42. The van der Waals surface area contributed by atoms with Gasteiger partial charge in [-0.3, -0.25) is 0 Å². The molecule has 0 N–H and O–H groups in total. The van der Waals surface area contributed by atoms with Gasteiger partial charge in [-0.1, -0.05) is 0 Å². The van der Waals surface area contributed by atoms with Gasteiger partial charge in [0, 0.05) is 8.47 Å². The first-order chi connectivity index (χ1) is 6.56. The standard InChI is InChI=1S/C10H11IO2S/c1-3-13-10(12)8-5-7(14)4-6(2)9(8)11/h4-5,14H,3H2,1-2H3. The third-order valence-electron chi connectivity index (χ3n) is 1.73. The minimum absolute atomic E-state index is 0.282. The van der Waals surface area contributed by atoms with E-state index in [-0.39, 0.29) is 5.97 Å². The molecule has 0 bridgehead atoms. The number of benzene rings is 1. The van der Waals surface area contributed by atoms with Crippen molar-refractivity contribution in [3.8, 4) is 0 Å². The van der Waals surface area contributed by atoms with E-state index in [9.17, 15) is 4.79 Å². The Morgan fingerprint density at radius 2 is 2.21 bits per heavy atom. The van der Waals surface area contributed by atoms with Crippen LogP contribution in [0.4, 0.5) is 0 Å².